The monoisotopic (exact) mass is 208 g/mol. The van der Waals surface area contributed by atoms with Crippen LogP contribution in [0.4, 0.5) is 11.4 Å². The second-order valence-electron chi connectivity index (χ2n) is 3.81. The molecule has 2 rings (SSSR count). The van der Waals surface area contributed by atoms with Crippen molar-refractivity contribution < 1.29 is 0 Å². The van der Waals surface area contributed by atoms with Gasteiger partial charge in [0.1, 0.15) is 0 Å². The number of nitrogens with two attached hydrogens (primary N) is 1. The summed E-state index contributed by atoms with van der Waals surface area (Å²) in [5.41, 5.74) is 7.76. The highest BCUT2D eigenvalue weighted by Gasteiger charge is 2.15. The molecule has 1 heterocycles. The Morgan fingerprint density at radius 3 is 2.29 bits per heavy atom. The van der Waals surface area contributed by atoms with E-state index in [2.05, 4.69) is 29.7 Å². The molecule has 1 aliphatic rings. The predicted octanol–water partition coefficient (Wildman–Crippen LogP) is 2.17. The number of rotatable bonds is 1. The summed E-state index contributed by atoms with van der Waals surface area (Å²) in [5, 5.41) is 0.583. The van der Waals surface area contributed by atoms with Gasteiger partial charge in [-0.1, -0.05) is 0 Å². The Labute approximate surface area is 90.5 Å². The number of nitrogens with zero attached hydrogens (tertiary/aromatic N) is 1. The van der Waals surface area contributed by atoms with Gasteiger partial charge in [-0.05, 0) is 37.1 Å². The van der Waals surface area contributed by atoms with E-state index in [0.717, 1.165) is 18.8 Å². The fourth-order valence-corrected chi connectivity index (χ4v) is 2.04. The Hall–Kier alpha value is -0.830. The summed E-state index contributed by atoms with van der Waals surface area (Å²) in [6.45, 7) is 2.22. The standard InChI is InChI=1S/C11H16N2S/c12-9-1-3-10(4-2-9)13-7-5-11(14)6-8-13/h1-4,11,14H,5-8,12H2. The van der Waals surface area contributed by atoms with Crippen LogP contribution in [0.2, 0.25) is 0 Å². The van der Waals surface area contributed by atoms with Gasteiger partial charge >= 0.3 is 0 Å². The van der Waals surface area contributed by atoms with Crippen molar-refractivity contribution in [3.63, 3.8) is 0 Å². The fourth-order valence-electron chi connectivity index (χ4n) is 1.81. The maximum absolute atomic E-state index is 5.65. The van der Waals surface area contributed by atoms with Crippen LogP contribution in [-0.4, -0.2) is 18.3 Å². The maximum atomic E-state index is 5.65. The lowest BCUT2D eigenvalue weighted by atomic mass is 10.1. The van der Waals surface area contributed by atoms with Crippen LogP contribution < -0.4 is 10.6 Å². The molecule has 0 saturated carbocycles. The number of nitrogen functional groups attached to an aromatic ring is 1. The van der Waals surface area contributed by atoms with Gasteiger partial charge in [-0.25, -0.2) is 0 Å². The van der Waals surface area contributed by atoms with Gasteiger partial charge in [0, 0.05) is 29.7 Å². The van der Waals surface area contributed by atoms with E-state index in [0.29, 0.717) is 5.25 Å². The topological polar surface area (TPSA) is 29.3 Å². The lowest BCUT2D eigenvalue weighted by molar-refractivity contribution is 0.593. The molecule has 2 nitrogen and oxygen atoms in total. The van der Waals surface area contributed by atoms with Crippen LogP contribution in [0.15, 0.2) is 24.3 Å². The van der Waals surface area contributed by atoms with Gasteiger partial charge in [-0.3, -0.25) is 0 Å². The van der Waals surface area contributed by atoms with Crippen molar-refractivity contribution in [2.24, 2.45) is 0 Å². The Balaban J connectivity index is 2.05. The van der Waals surface area contributed by atoms with Crippen LogP contribution >= 0.6 is 12.6 Å². The van der Waals surface area contributed by atoms with Crippen LogP contribution in [0.3, 0.4) is 0 Å². The highest BCUT2D eigenvalue weighted by atomic mass is 32.1. The quantitative estimate of drug-likeness (QED) is 0.547. The summed E-state index contributed by atoms with van der Waals surface area (Å²) in [6.07, 6.45) is 2.35. The van der Waals surface area contributed by atoms with Crippen molar-refractivity contribution in [3.05, 3.63) is 24.3 Å². The highest BCUT2D eigenvalue weighted by Crippen LogP contribution is 2.22. The van der Waals surface area contributed by atoms with Gasteiger partial charge in [0.25, 0.3) is 0 Å². The second-order valence-corrected chi connectivity index (χ2v) is 4.54. The first-order valence-corrected chi connectivity index (χ1v) is 5.56. The van der Waals surface area contributed by atoms with Gasteiger partial charge in [-0.15, -0.1) is 0 Å². The van der Waals surface area contributed by atoms with Crippen LogP contribution in [0, 0.1) is 0 Å². The normalized spacial score (nSPS) is 18.5. The third-order valence-electron chi connectivity index (χ3n) is 2.72. The third-order valence-corrected chi connectivity index (χ3v) is 3.24. The van der Waals surface area contributed by atoms with Crippen LogP contribution in [0.5, 0.6) is 0 Å². The van der Waals surface area contributed by atoms with Crippen LogP contribution in [0.1, 0.15) is 12.8 Å². The number of piperidine rings is 1. The van der Waals surface area contributed by atoms with E-state index in [4.69, 9.17) is 5.73 Å². The molecule has 0 atom stereocenters. The summed E-state index contributed by atoms with van der Waals surface area (Å²) >= 11 is 4.48. The number of thiol groups is 1. The summed E-state index contributed by atoms with van der Waals surface area (Å²) in [5.74, 6) is 0. The molecule has 0 unspecified atom stereocenters. The fraction of sp³-hybridized carbons (Fsp3) is 0.455. The van der Waals surface area contributed by atoms with Gasteiger partial charge < -0.3 is 10.6 Å². The minimum atomic E-state index is 0.583. The van der Waals surface area contributed by atoms with Gasteiger partial charge in [0.2, 0.25) is 0 Å². The molecular weight excluding hydrogens is 192 g/mol. The summed E-state index contributed by atoms with van der Waals surface area (Å²) in [7, 11) is 0. The molecule has 1 saturated heterocycles. The zero-order valence-electron chi connectivity index (χ0n) is 8.19. The predicted molar refractivity (Wildman–Crippen MR) is 65.1 cm³/mol. The van der Waals surface area contributed by atoms with Crippen molar-refractivity contribution in [3.8, 4) is 0 Å². The lowest BCUT2D eigenvalue weighted by Crippen LogP contribution is -2.33. The summed E-state index contributed by atoms with van der Waals surface area (Å²) < 4.78 is 0. The minimum absolute atomic E-state index is 0.583. The third kappa shape index (κ3) is 2.15. The van der Waals surface area contributed by atoms with E-state index >= 15 is 0 Å². The molecule has 0 radical (unpaired) electrons. The Kier molecular flexibility index (Phi) is 2.87. The van der Waals surface area contributed by atoms with E-state index in [-0.39, 0.29) is 0 Å². The first-order chi connectivity index (χ1) is 6.75. The Bertz CT molecular complexity index is 289. The Morgan fingerprint density at radius 2 is 1.71 bits per heavy atom. The SMILES string of the molecule is Nc1ccc(N2CCC(S)CC2)cc1. The highest BCUT2D eigenvalue weighted by molar-refractivity contribution is 7.80. The minimum Gasteiger partial charge on any atom is -0.399 e. The zero-order chi connectivity index (χ0) is 9.97. The molecule has 3 heteroatoms. The molecule has 0 amide bonds. The summed E-state index contributed by atoms with van der Waals surface area (Å²) in [6, 6.07) is 8.10. The van der Waals surface area contributed by atoms with E-state index in [9.17, 15) is 0 Å². The smallest absolute Gasteiger partial charge is 0.0367 e. The van der Waals surface area contributed by atoms with Gasteiger partial charge in [0.15, 0.2) is 0 Å². The maximum Gasteiger partial charge on any atom is 0.0367 e. The second kappa shape index (κ2) is 4.13. The number of anilines is 2. The molecular formula is C11H16N2S. The first-order valence-electron chi connectivity index (χ1n) is 5.04. The molecule has 0 spiro atoms. The molecule has 1 fully saturated rings. The lowest BCUT2D eigenvalue weighted by Gasteiger charge is -2.31. The molecule has 2 N–H and O–H groups in total. The van der Waals surface area contributed by atoms with E-state index in [1.807, 2.05) is 12.1 Å². The zero-order valence-corrected chi connectivity index (χ0v) is 9.08. The Morgan fingerprint density at radius 1 is 1.14 bits per heavy atom. The largest absolute Gasteiger partial charge is 0.399 e. The molecule has 1 aromatic carbocycles. The number of hydrogen-bond donors (Lipinski definition) is 2. The average Bonchev–Trinajstić information content (AvgIpc) is 2.21. The van der Waals surface area contributed by atoms with E-state index < -0.39 is 0 Å². The van der Waals surface area contributed by atoms with Gasteiger partial charge in [0.05, 0.1) is 0 Å². The van der Waals surface area contributed by atoms with Crippen molar-refractivity contribution >= 4 is 24.0 Å². The van der Waals surface area contributed by atoms with Crippen molar-refractivity contribution in [2.45, 2.75) is 18.1 Å². The van der Waals surface area contributed by atoms with E-state index in [1.165, 1.54) is 18.5 Å². The first kappa shape index (κ1) is 9.71. The molecule has 76 valence electrons. The molecule has 1 aliphatic heterocycles. The molecule has 14 heavy (non-hydrogen) atoms. The van der Waals surface area contributed by atoms with Crippen LogP contribution in [-0.2, 0) is 0 Å². The molecule has 0 aromatic heterocycles. The molecule has 1 aromatic rings. The van der Waals surface area contributed by atoms with Crippen molar-refractivity contribution in [2.75, 3.05) is 23.7 Å². The van der Waals surface area contributed by atoms with Crippen molar-refractivity contribution in [1.29, 1.82) is 0 Å². The molecule has 0 aliphatic carbocycles. The summed E-state index contributed by atoms with van der Waals surface area (Å²) in [4.78, 5) is 2.40. The number of hydrogen-bond acceptors (Lipinski definition) is 3. The average molecular weight is 208 g/mol. The van der Waals surface area contributed by atoms with Gasteiger partial charge in [-0.2, -0.15) is 12.6 Å². The van der Waals surface area contributed by atoms with Crippen LogP contribution in [0.25, 0.3) is 0 Å². The van der Waals surface area contributed by atoms with Crippen molar-refractivity contribution in [1.82, 2.24) is 0 Å². The molecule has 0 bridgehead atoms. The number of benzene rings is 1. The van der Waals surface area contributed by atoms with E-state index in [1.54, 1.807) is 0 Å².